The van der Waals surface area contributed by atoms with Crippen molar-refractivity contribution in [3.05, 3.63) is 60.2 Å². The van der Waals surface area contributed by atoms with Crippen LogP contribution in [0.25, 0.3) is 11.0 Å². The predicted octanol–water partition coefficient (Wildman–Crippen LogP) is 4.56. The Kier molecular flexibility index (Phi) is 5.76. The van der Waals surface area contributed by atoms with E-state index in [1.807, 2.05) is 42.5 Å². The van der Waals surface area contributed by atoms with Crippen LogP contribution in [0, 0.1) is 5.92 Å². The molecule has 0 aliphatic rings. The average molecular weight is 353 g/mol. The summed E-state index contributed by atoms with van der Waals surface area (Å²) in [5.74, 6) is 0.884. The summed E-state index contributed by atoms with van der Waals surface area (Å²) in [6, 6.07) is 18.1. The number of para-hydroxylation sites is 2. The fourth-order valence-electron chi connectivity index (χ4n) is 2.80. The number of nitrogens with zero attached hydrogens (tertiary/aromatic N) is 1. The Labute approximate surface area is 152 Å². The number of nitrogens with one attached hydrogen (secondary N) is 2. The summed E-state index contributed by atoms with van der Waals surface area (Å²) in [5, 5.41) is 3.94. The second-order valence-corrected chi connectivity index (χ2v) is 7.47. The molecule has 1 amide bonds. The van der Waals surface area contributed by atoms with Crippen LogP contribution in [0.5, 0.6) is 0 Å². The quantitative estimate of drug-likeness (QED) is 0.612. The molecule has 3 aromatic rings. The van der Waals surface area contributed by atoms with Gasteiger partial charge in [0, 0.05) is 0 Å². The van der Waals surface area contributed by atoms with E-state index in [0.717, 1.165) is 28.2 Å². The number of benzene rings is 2. The first kappa shape index (κ1) is 17.5. The van der Waals surface area contributed by atoms with Gasteiger partial charge >= 0.3 is 0 Å². The van der Waals surface area contributed by atoms with E-state index >= 15 is 0 Å². The molecule has 0 fully saturated rings. The molecule has 1 unspecified atom stereocenters. The monoisotopic (exact) mass is 353 g/mol. The van der Waals surface area contributed by atoms with Crippen molar-refractivity contribution in [3.8, 4) is 0 Å². The molecule has 4 nitrogen and oxygen atoms in total. The van der Waals surface area contributed by atoms with Crippen molar-refractivity contribution in [2.24, 2.45) is 5.92 Å². The number of carbonyl (C=O) groups is 1. The maximum absolute atomic E-state index is 12.4. The molecule has 130 valence electrons. The maximum atomic E-state index is 12.4. The Morgan fingerprint density at radius 2 is 1.84 bits per heavy atom. The maximum Gasteiger partial charge on any atom is 0.230 e. The molecule has 0 spiro atoms. The van der Waals surface area contributed by atoms with Crippen LogP contribution in [0.2, 0.25) is 0 Å². The van der Waals surface area contributed by atoms with Crippen LogP contribution < -0.4 is 5.32 Å². The van der Waals surface area contributed by atoms with Crippen molar-refractivity contribution < 1.29 is 4.79 Å². The molecule has 2 aromatic carbocycles. The summed E-state index contributed by atoms with van der Waals surface area (Å²) in [6.45, 7) is 4.34. The van der Waals surface area contributed by atoms with Crippen molar-refractivity contribution in [2.75, 3.05) is 5.75 Å². The number of fused-ring (bicyclic) bond motifs is 1. The minimum Gasteiger partial charge on any atom is -0.349 e. The highest BCUT2D eigenvalue weighted by Crippen LogP contribution is 2.22. The van der Waals surface area contributed by atoms with E-state index in [4.69, 9.17) is 0 Å². The van der Waals surface area contributed by atoms with Gasteiger partial charge in [-0.1, -0.05) is 68.1 Å². The van der Waals surface area contributed by atoms with E-state index in [1.165, 1.54) is 11.8 Å². The molecule has 1 heterocycles. The van der Waals surface area contributed by atoms with Crippen LogP contribution in [0.3, 0.4) is 0 Å². The fraction of sp³-hybridized carbons (Fsp3) is 0.300. The predicted molar refractivity (Wildman–Crippen MR) is 104 cm³/mol. The molecule has 0 radical (unpaired) electrons. The normalized spacial score (nSPS) is 12.4. The topological polar surface area (TPSA) is 57.8 Å². The number of aromatic nitrogens is 2. The molecular weight excluding hydrogens is 330 g/mol. The summed E-state index contributed by atoms with van der Waals surface area (Å²) in [4.78, 5) is 20.2. The largest absolute Gasteiger partial charge is 0.349 e. The van der Waals surface area contributed by atoms with Crippen molar-refractivity contribution >= 4 is 28.7 Å². The highest BCUT2D eigenvalue weighted by molar-refractivity contribution is 7.99. The van der Waals surface area contributed by atoms with Crippen LogP contribution in [-0.4, -0.2) is 21.6 Å². The van der Waals surface area contributed by atoms with Crippen LogP contribution in [-0.2, 0) is 4.79 Å². The standard InChI is InChI=1S/C20H23N3OS/c1-14(2)12-18(15-8-4-3-5-9-15)21-19(24)13-25-20-22-16-10-6-7-11-17(16)23-20/h3-11,14,18H,12-13H2,1-2H3,(H,21,24)(H,22,23). The van der Waals surface area contributed by atoms with Crippen LogP contribution >= 0.6 is 11.8 Å². The van der Waals surface area contributed by atoms with E-state index in [2.05, 4.69) is 41.3 Å². The molecule has 0 saturated heterocycles. The number of hydrogen-bond donors (Lipinski definition) is 2. The van der Waals surface area contributed by atoms with E-state index in [0.29, 0.717) is 11.7 Å². The van der Waals surface area contributed by atoms with Gasteiger partial charge in [-0.2, -0.15) is 0 Å². The molecule has 5 heteroatoms. The van der Waals surface area contributed by atoms with E-state index in [9.17, 15) is 4.79 Å². The number of thioether (sulfide) groups is 1. The summed E-state index contributed by atoms with van der Waals surface area (Å²) < 4.78 is 0. The fourth-order valence-corrected chi connectivity index (χ4v) is 3.50. The second kappa shape index (κ2) is 8.21. The lowest BCUT2D eigenvalue weighted by Crippen LogP contribution is -2.30. The molecule has 0 saturated carbocycles. The minimum atomic E-state index is 0.0277. The number of carbonyl (C=O) groups excluding carboxylic acids is 1. The zero-order valence-electron chi connectivity index (χ0n) is 14.5. The number of aromatic amines is 1. The van der Waals surface area contributed by atoms with Gasteiger partial charge in [-0.3, -0.25) is 4.79 Å². The first-order chi connectivity index (χ1) is 12.1. The third-order valence-corrected chi connectivity index (χ3v) is 4.83. The van der Waals surface area contributed by atoms with Crippen LogP contribution in [0.15, 0.2) is 59.8 Å². The zero-order chi connectivity index (χ0) is 17.6. The smallest absolute Gasteiger partial charge is 0.230 e. The van der Waals surface area contributed by atoms with Crippen molar-refractivity contribution in [1.29, 1.82) is 0 Å². The van der Waals surface area contributed by atoms with Gasteiger partial charge in [-0.05, 0) is 30.0 Å². The van der Waals surface area contributed by atoms with Crippen molar-refractivity contribution in [1.82, 2.24) is 15.3 Å². The number of rotatable bonds is 7. The molecule has 2 N–H and O–H groups in total. The first-order valence-electron chi connectivity index (χ1n) is 8.53. The van der Waals surface area contributed by atoms with Crippen LogP contribution in [0.4, 0.5) is 0 Å². The first-order valence-corrected chi connectivity index (χ1v) is 9.52. The molecule has 1 atom stereocenters. The summed E-state index contributed by atoms with van der Waals surface area (Å²) >= 11 is 1.43. The lowest BCUT2D eigenvalue weighted by atomic mass is 9.97. The van der Waals surface area contributed by atoms with Crippen molar-refractivity contribution in [3.63, 3.8) is 0 Å². The van der Waals surface area contributed by atoms with E-state index in [-0.39, 0.29) is 11.9 Å². The van der Waals surface area contributed by atoms with Gasteiger partial charge in [0.2, 0.25) is 5.91 Å². The molecule has 0 aliphatic heterocycles. The average Bonchev–Trinajstić information content (AvgIpc) is 3.03. The SMILES string of the molecule is CC(C)CC(NC(=O)CSc1nc2ccccc2[nH]1)c1ccccc1. The van der Waals surface area contributed by atoms with Gasteiger partial charge in [0.25, 0.3) is 0 Å². The number of amides is 1. The van der Waals surface area contributed by atoms with Gasteiger partial charge in [-0.25, -0.2) is 4.98 Å². The van der Waals surface area contributed by atoms with E-state index < -0.39 is 0 Å². The third kappa shape index (κ3) is 4.86. The van der Waals surface area contributed by atoms with Gasteiger partial charge < -0.3 is 10.3 Å². The number of H-pyrrole nitrogens is 1. The summed E-state index contributed by atoms with van der Waals surface area (Å²) in [7, 11) is 0. The van der Waals surface area contributed by atoms with Crippen LogP contribution in [0.1, 0.15) is 31.9 Å². The number of hydrogen-bond acceptors (Lipinski definition) is 3. The Hall–Kier alpha value is -2.27. The Morgan fingerprint density at radius 1 is 1.12 bits per heavy atom. The molecule has 0 bridgehead atoms. The van der Waals surface area contributed by atoms with Gasteiger partial charge in [0.15, 0.2) is 5.16 Å². The summed E-state index contributed by atoms with van der Waals surface area (Å²) in [6.07, 6.45) is 0.922. The zero-order valence-corrected chi connectivity index (χ0v) is 15.3. The number of imidazole rings is 1. The molecule has 25 heavy (non-hydrogen) atoms. The third-order valence-electron chi connectivity index (χ3n) is 3.95. The Morgan fingerprint density at radius 3 is 2.56 bits per heavy atom. The molecule has 1 aromatic heterocycles. The Balaban J connectivity index is 1.61. The van der Waals surface area contributed by atoms with Crippen molar-refractivity contribution in [2.45, 2.75) is 31.5 Å². The van der Waals surface area contributed by atoms with Gasteiger partial charge in [0.1, 0.15) is 0 Å². The van der Waals surface area contributed by atoms with Gasteiger partial charge in [0.05, 0.1) is 22.8 Å². The molecule has 3 rings (SSSR count). The lowest BCUT2D eigenvalue weighted by Gasteiger charge is -2.21. The van der Waals surface area contributed by atoms with Gasteiger partial charge in [-0.15, -0.1) is 0 Å². The molecule has 0 aliphatic carbocycles. The second-order valence-electron chi connectivity index (χ2n) is 6.51. The highest BCUT2D eigenvalue weighted by atomic mass is 32.2. The molecular formula is C20H23N3OS. The lowest BCUT2D eigenvalue weighted by molar-refractivity contribution is -0.119. The minimum absolute atomic E-state index is 0.0277. The Bertz CT molecular complexity index is 796. The summed E-state index contributed by atoms with van der Waals surface area (Å²) in [5.41, 5.74) is 3.07. The van der Waals surface area contributed by atoms with E-state index in [1.54, 1.807) is 0 Å². The highest BCUT2D eigenvalue weighted by Gasteiger charge is 2.16.